The Hall–Kier alpha value is -2.26. The summed E-state index contributed by atoms with van der Waals surface area (Å²) >= 11 is 0. The van der Waals surface area contributed by atoms with Gasteiger partial charge in [0.2, 0.25) is 0 Å². The number of carbonyl (C=O) groups is 1. The van der Waals surface area contributed by atoms with Gasteiger partial charge in [-0.2, -0.15) is 5.10 Å². The van der Waals surface area contributed by atoms with Crippen LogP contribution in [0.3, 0.4) is 0 Å². The van der Waals surface area contributed by atoms with Gasteiger partial charge >= 0.3 is 5.97 Å². The Morgan fingerprint density at radius 1 is 1.36 bits per heavy atom. The minimum Gasteiger partial charge on any atom is -0.481 e. The van der Waals surface area contributed by atoms with E-state index in [1.807, 2.05) is 26.4 Å². The third-order valence-corrected chi connectivity index (χ3v) is 4.72. The minimum atomic E-state index is -0.785. The lowest BCUT2D eigenvalue weighted by Gasteiger charge is -2.14. The molecule has 0 aliphatic carbocycles. The lowest BCUT2D eigenvalue weighted by Crippen LogP contribution is -2.21. The summed E-state index contributed by atoms with van der Waals surface area (Å²) in [6.45, 7) is 4.65. The van der Waals surface area contributed by atoms with Gasteiger partial charge in [0.15, 0.2) is 0 Å². The zero-order valence-corrected chi connectivity index (χ0v) is 14.5. The van der Waals surface area contributed by atoms with E-state index < -0.39 is 5.97 Å². The number of hydrogen-bond donors (Lipinski definition) is 2. The van der Waals surface area contributed by atoms with E-state index in [1.165, 1.54) is 0 Å². The third-order valence-electron chi connectivity index (χ3n) is 4.72. The van der Waals surface area contributed by atoms with Gasteiger partial charge in [-0.25, -0.2) is 0 Å². The first-order valence-electron chi connectivity index (χ1n) is 8.40. The van der Waals surface area contributed by atoms with E-state index in [4.69, 9.17) is 5.11 Å². The number of aryl methyl sites for hydroxylation is 2. The van der Waals surface area contributed by atoms with Crippen LogP contribution in [0.1, 0.15) is 29.3 Å². The maximum absolute atomic E-state index is 11.2. The zero-order chi connectivity index (χ0) is 18.0. The van der Waals surface area contributed by atoms with E-state index in [0.29, 0.717) is 19.6 Å². The van der Waals surface area contributed by atoms with Crippen LogP contribution in [0.15, 0.2) is 12.4 Å². The van der Waals surface area contributed by atoms with Crippen molar-refractivity contribution >= 4 is 5.97 Å². The Kier molecular flexibility index (Phi) is 5.14. The highest BCUT2D eigenvalue weighted by atomic mass is 16.4. The van der Waals surface area contributed by atoms with Crippen molar-refractivity contribution in [2.24, 2.45) is 13.0 Å². The van der Waals surface area contributed by atoms with Crippen LogP contribution >= 0.6 is 0 Å². The van der Waals surface area contributed by atoms with E-state index in [2.05, 4.69) is 20.3 Å². The van der Waals surface area contributed by atoms with E-state index in [1.54, 1.807) is 9.36 Å². The van der Waals surface area contributed by atoms with Gasteiger partial charge in [-0.3, -0.25) is 19.1 Å². The number of aliphatic hydroxyl groups is 1. The molecule has 0 radical (unpaired) electrons. The van der Waals surface area contributed by atoms with Crippen LogP contribution in [0.25, 0.3) is 0 Å². The van der Waals surface area contributed by atoms with Crippen molar-refractivity contribution in [3.63, 3.8) is 0 Å². The van der Waals surface area contributed by atoms with Crippen LogP contribution in [0, 0.1) is 12.8 Å². The molecule has 1 aliphatic heterocycles. The van der Waals surface area contributed by atoms with Crippen LogP contribution in [0.2, 0.25) is 0 Å². The van der Waals surface area contributed by atoms with Crippen LogP contribution in [0.5, 0.6) is 0 Å². The number of carboxylic acids is 1. The van der Waals surface area contributed by atoms with Gasteiger partial charge in [-0.15, -0.1) is 5.10 Å². The third kappa shape index (κ3) is 4.05. The predicted molar refractivity (Wildman–Crippen MR) is 88.8 cm³/mol. The Morgan fingerprint density at radius 3 is 2.80 bits per heavy atom. The summed E-state index contributed by atoms with van der Waals surface area (Å²) in [6, 6.07) is 0. The Labute approximate surface area is 145 Å². The van der Waals surface area contributed by atoms with Crippen LogP contribution < -0.4 is 0 Å². The first kappa shape index (κ1) is 17.6. The molecule has 1 saturated heterocycles. The standard InChI is InChI=1S/C16H24N6O3/c1-11-13(8-22(18-11)3-4-23)7-21-6-12(5-16(24)25)14(9-21)15-10-20(2)19-17-15/h8,10,12,14,23H,3-7,9H2,1-2H3,(H,24,25)/t12-,14+/m0/s1. The molecule has 2 atom stereocenters. The molecule has 3 heterocycles. The Morgan fingerprint density at radius 2 is 2.16 bits per heavy atom. The van der Waals surface area contributed by atoms with Crippen molar-refractivity contribution in [1.82, 2.24) is 29.7 Å². The summed E-state index contributed by atoms with van der Waals surface area (Å²) in [5, 5.41) is 30.9. The first-order chi connectivity index (χ1) is 12.0. The molecular formula is C16H24N6O3. The normalized spacial score (nSPS) is 21.1. The molecule has 2 aromatic heterocycles. The first-order valence-corrected chi connectivity index (χ1v) is 8.40. The quantitative estimate of drug-likeness (QED) is 0.725. The van der Waals surface area contributed by atoms with Crippen molar-refractivity contribution in [1.29, 1.82) is 0 Å². The predicted octanol–water partition coefficient (Wildman–Crippen LogP) is 0.00262. The number of aliphatic hydroxyl groups excluding tert-OH is 1. The van der Waals surface area contributed by atoms with Gasteiger partial charge in [-0.05, 0) is 12.8 Å². The maximum Gasteiger partial charge on any atom is 0.303 e. The fourth-order valence-corrected chi connectivity index (χ4v) is 3.56. The monoisotopic (exact) mass is 348 g/mol. The molecule has 1 aliphatic rings. The average molecular weight is 348 g/mol. The number of nitrogens with zero attached hydrogens (tertiary/aromatic N) is 6. The van der Waals surface area contributed by atoms with Gasteiger partial charge in [0.05, 0.1) is 31.0 Å². The van der Waals surface area contributed by atoms with Gasteiger partial charge in [0.1, 0.15) is 0 Å². The summed E-state index contributed by atoms with van der Waals surface area (Å²) in [5.41, 5.74) is 2.89. The molecular weight excluding hydrogens is 324 g/mol. The number of carboxylic acid groups (broad SMARTS) is 1. The molecule has 136 valence electrons. The molecule has 0 saturated carbocycles. The van der Waals surface area contributed by atoms with E-state index in [9.17, 15) is 9.90 Å². The number of hydrogen-bond acceptors (Lipinski definition) is 6. The Bertz CT molecular complexity index is 740. The second-order valence-electron chi connectivity index (χ2n) is 6.70. The van der Waals surface area contributed by atoms with Crippen molar-refractivity contribution < 1.29 is 15.0 Å². The number of aromatic nitrogens is 5. The Balaban J connectivity index is 1.73. The van der Waals surface area contributed by atoms with E-state index in [-0.39, 0.29) is 24.9 Å². The summed E-state index contributed by atoms with van der Waals surface area (Å²) in [6.07, 6.45) is 3.95. The van der Waals surface area contributed by atoms with Gasteiger partial charge in [0.25, 0.3) is 0 Å². The molecule has 0 bridgehead atoms. The molecule has 3 rings (SSSR count). The molecule has 0 aromatic carbocycles. The lowest BCUT2D eigenvalue weighted by atomic mass is 9.91. The molecule has 0 amide bonds. The van der Waals surface area contributed by atoms with Crippen molar-refractivity contribution in [2.45, 2.75) is 32.4 Å². The highest BCUT2D eigenvalue weighted by Crippen LogP contribution is 2.34. The number of rotatable bonds is 7. The van der Waals surface area contributed by atoms with Gasteiger partial charge < -0.3 is 10.2 Å². The van der Waals surface area contributed by atoms with Crippen LogP contribution in [-0.4, -0.2) is 65.6 Å². The second kappa shape index (κ2) is 7.32. The molecule has 0 unspecified atom stereocenters. The SMILES string of the molecule is Cc1nn(CCO)cc1CN1C[C@H](CC(=O)O)[C@H](c2cn(C)nn2)C1. The van der Waals surface area contributed by atoms with Crippen LogP contribution in [0.4, 0.5) is 0 Å². The van der Waals surface area contributed by atoms with Crippen LogP contribution in [-0.2, 0) is 24.9 Å². The van der Waals surface area contributed by atoms with Crippen molar-refractivity contribution in [2.75, 3.05) is 19.7 Å². The van der Waals surface area contributed by atoms with E-state index >= 15 is 0 Å². The lowest BCUT2D eigenvalue weighted by molar-refractivity contribution is -0.138. The number of aliphatic carboxylic acids is 1. The summed E-state index contributed by atoms with van der Waals surface area (Å²) < 4.78 is 3.40. The average Bonchev–Trinajstić information content (AvgIpc) is 3.20. The topological polar surface area (TPSA) is 109 Å². The van der Waals surface area contributed by atoms with Gasteiger partial charge in [0, 0.05) is 50.6 Å². The molecule has 25 heavy (non-hydrogen) atoms. The minimum absolute atomic E-state index is 0.0157. The maximum atomic E-state index is 11.2. The smallest absolute Gasteiger partial charge is 0.303 e. The summed E-state index contributed by atoms with van der Waals surface area (Å²) in [4.78, 5) is 13.5. The summed E-state index contributed by atoms with van der Waals surface area (Å²) in [5.74, 6) is -0.702. The van der Waals surface area contributed by atoms with Gasteiger partial charge in [-0.1, -0.05) is 5.21 Å². The molecule has 9 nitrogen and oxygen atoms in total. The van der Waals surface area contributed by atoms with Crippen molar-refractivity contribution in [3.8, 4) is 0 Å². The molecule has 1 fully saturated rings. The summed E-state index contributed by atoms with van der Waals surface area (Å²) in [7, 11) is 1.81. The second-order valence-corrected chi connectivity index (χ2v) is 6.70. The largest absolute Gasteiger partial charge is 0.481 e. The zero-order valence-electron chi connectivity index (χ0n) is 14.5. The number of likely N-dealkylation sites (tertiary alicyclic amines) is 1. The molecule has 0 spiro atoms. The fraction of sp³-hybridized carbons (Fsp3) is 0.625. The fourth-order valence-electron chi connectivity index (χ4n) is 3.56. The molecule has 2 aromatic rings. The molecule has 2 N–H and O–H groups in total. The highest BCUT2D eigenvalue weighted by Gasteiger charge is 2.37. The van der Waals surface area contributed by atoms with E-state index in [0.717, 1.165) is 23.5 Å². The highest BCUT2D eigenvalue weighted by molar-refractivity contribution is 5.67. The van der Waals surface area contributed by atoms with Crippen molar-refractivity contribution in [3.05, 3.63) is 29.3 Å². The molecule has 9 heteroatoms.